The van der Waals surface area contributed by atoms with E-state index in [0.717, 1.165) is 83.2 Å². The van der Waals surface area contributed by atoms with Gasteiger partial charge in [0.15, 0.2) is 0 Å². The molecule has 0 amide bonds. The number of carbonyl (C=O) groups excluding carboxylic acids is 1. The number of hydrogen-bond donors (Lipinski definition) is 2. The average molecular weight is 947 g/mol. The molecular formula is C51H94O11S2. The van der Waals surface area contributed by atoms with Crippen molar-refractivity contribution in [1.82, 2.24) is 0 Å². The van der Waals surface area contributed by atoms with Crippen molar-refractivity contribution in [2.75, 3.05) is 111 Å². The van der Waals surface area contributed by atoms with Crippen LogP contribution in [0, 0.1) is 0 Å². The fourth-order valence-electron chi connectivity index (χ4n) is 6.89. The molecule has 13 heteroatoms. The van der Waals surface area contributed by atoms with Crippen LogP contribution < -0.4 is 4.74 Å². The highest BCUT2D eigenvalue weighted by molar-refractivity contribution is 8.76. The Balaban J connectivity index is 1.67. The molecule has 1 rings (SSSR count). The van der Waals surface area contributed by atoms with Crippen LogP contribution in [0.3, 0.4) is 0 Å². The van der Waals surface area contributed by atoms with Gasteiger partial charge in [0.25, 0.3) is 0 Å². The van der Waals surface area contributed by atoms with Gasteiger partial charge in [-0.2, -0.15) is 0 Å². The smallest absolute Gasteiger partial charge is 0.311 e. The summed E-state index contributed by atoms with van der Waals surface area (Å²) in [6.45, 7) is 10.8. The minimum atomic E-state index is -0.222. The lowest BCUT2D eigenvalue weighted by atomic mass is 10.0. The Bertz CT molecular complexity index is 1100. The van der Waals surface area contributed by atoms with E-state index in [0.29, 0.717) is 84.8 Å². The second-order valence-electron chi connectivity index (χ2n) is 16.6. The number of aliphatic hydroxyl groups excluding tert-OH is 1. The predicted molar refractivity (Wildman–Crippen MR) is 266 cm³/mol. The van der Waals surface area contributed by atoms with Crippen molar-refractivity contribution >= 4 is 27.6 Å². The molecule has 0 aliphatic carbocycles. The van der Waals surface area contributed by atoms with Crippen LogP contribution in [0.1, 0.15) is 173 Å². The number of rotatable bonds is 53. The van der Waals surface area contributed by atoms with Crippen LogP contribution in [0.2, 0.25) is 0 Å². The van der Waals surface area contributed by atoms with Crippen LogP contribution in [0.15, 0.2) is 18.2 Å². The molecule has 0 unspecified atom stereocenters. The maximum atomic E-state index is 11.9. The Morgan fingerprint density at radius 2 is 0.812 bits per heavy atom. The molecule has 0 spiro atoms. The van der Waals surface area contributed by atoms with E-state index in [4.69, 9.17) is 43.0 Å². The first kappa shape index (κ1) is 60.9. The molecule has 0 aliphatic rings. The van der Waals surface area contributed by atoms with Crippen molar-refractivity contribution in [1.29, 1.82) is 0 Å². The van der Waals surface area contributed by atoms with Gasteiger partial charge >= 0.3 is 5.97 Å². The monoisotopic (exact) mass is 947 g/mol. The zero-order valence-electron chi connectivity index (χ0n) is 40.5. The van der Waals surface area contributed by atoms with Gasteiger partial charge in [-0.05, 0) is 75.1 Å². The second-order valence-corrected chi connectivity index (χ2v) is 19.3. The average Bonchev–Trinajstić information content (AvgIpc) is 3.30. The van der Waals surface area contributed by atoms with Crippen LogP contribution in [-0.2, 0) is 44.4 Å². The Morgan fingerprint density at radius 3 is 1.22 bits per heavy atom. The van der Waals surface area contributed by atoms with Gasteiger partial charge < -0.3 is 48.1 Å². The number of aromatic hydroxyl groups is 1. The number of esters is 1. The van der Waals surface area contributed by atoms with Gasteiger partial charge in [0.2, 0.25) is 0 Å². The lowest BCUT2D eigenvalue weighted by Crippen LogP contribution is -2.12. The molecule has 0 atom stereocenters. The fourth-order valence-corrected chi connectivity index (χ4v) is 9.19. The van der Waals surface area contributed by atoms with E-state index in [9.17, 15) is 9.90 Å². The highest BCUT2D eigenvalue weighted by atomic mass is 33.1. The fraction of sp³-hybridized carbons (Fsp3) is 0.863. The topological polar surface area (TPSA) is 131 Å². The first-order valence-corrected chi connectivity index (χ1v) is 28.1. The number of aryl methyl sites for hydroxylation is 1. The van der Waals surface area contributed by atoms with Gasteiger partial charge in [0.05, 0.1) is 79.3 Å². The largest absolute Gasteiger partial charge is 0.508 e. The van der Waals surface area contributed by atoms with E-state index in [1.807, 2.05) is 6.92 Å². The van der Waals surface area contributed by atoms with E-state index in [1.165, 1.54) is 114 Å². The molecule has 0 bridgehead atoms. The van der Waals surface area contributed by atoms with Crippen molar-refractivity contribution in [2.24, 2.45) is 0 Å². The molecule has 0 saturated carbocycles. The second kappa shape index (κ2) is 51.3. The standard InChI is InChI=1S/C51H94O11S2/c1-2-3-27-51(54)62-49-28-29-50(53)48(47-49)26-20-14-17-23-33-57-37-41-61-44-43-60-40-36-56-32-22-16-11-7-5-9-13-19-25-46-64-63-45-24-18-12-8-4-6-10-15-21-31-55-35-39-59-42-38-58-34-30-52/h28-29,47,52-53H,2-27,30-46H2,1H3. The third-order valence-electron chi connectivity index (χ3n) is 10.7. The Hall–Kier alpha value is -1.13. The molecule has 0 radical (unpaired) electrons. The van der Waals surface area contributed by atoms with Crippen molar-refractivity contribution in [3.63, 3.8) is 0 Å². The predicted octanol–water partition coefficient (Wildman–Crippen LogP) is 12.1. The SMILES string of the molecule is CCCCC(=O)Oc1ccc(O)c(CCCCCCOCCOCCOCCOCCCCCCCCCCCSSCCCCCCCCCCCOCCOCCOCCO)c1. The highest BCUT2D eigenvalue weighted by Crippen LogP contribution is 2.26. The molecule has 0 aromatic heterocycles. The third-order valence-corrected chi connectivity index (χ3v) is 13.3. The van der Waals surface area contributed by atoms with E-state index in [-0.39, 0.29) is 18.3 Å². The number of carbonyl (C=O) groups is 1. The first-order valence-electron chi connectivity index (χ1n) is 25.6. The third kappa shape index (κ3) is 44.7. The maximum Gasteiger partial charge on any atom is 0.311 e. The number of hydrogen-bond acceptors (Lipinski definition) is 13. The molecule has 0 heterocycles. The van der Waals surface area contributed by atoms with Crippen molar-refractivity contribution in [3.8, 4) is 11.5 Å². The molecule has 1 aromatic rings. The number of phenols is 1. The van der Waals surface area contributed by atoms with E-state index < -0.39 is 0 Å². The van der Waals surface area contributed by atoms with Gasteiger partial charge in [-0.1, -0.05) is 138 Å². The van der Waals surface area contributed by atoms with Crippen LogP contribution in [0.5, 0.6) is 11.5 Å². The molecule has 0 fully saturated rings. The van der Waals surface area contributed by atoms with E-state index in [2.05, 4.69) is 21.6 Å². The summed E-state index contributed by atoms with van der Waals surface area (Å²) in [4.78, 5) is 11.9. The quantitative estimate of drug-likeness (QED) is 0.0278. The first-order chi connectivity index (χ1) is 31.7. The minimum Gasteiger partial charge on any atom is -0.508 e. The Morgan fingerprint density at radius 1 is 0.453 bits per heavy atom. The summed E-state index contributed by atoms with van der Waals surface area (Å²) in [6.07, 6.45) is 30.9. The number of unbranched alkanes of at least 4 members (excludes halogenated alkanes) is 20. The van der Waals surface area contributed by atoms with Crippen molar-refractivity contribution in [3.05, 3.63) is 23.8 Å². The molecule has 64 heavy (non-hydrogen) atoms. The van der Waals surface area contributed by atoms with E-state index in [1.54, 1.807) is 18.2 Å². The Kier molecular flexibility index (Phi) is 48.8. The molecule has 0 aliphatic heterocycles. The summed E-state index contributed by atoms with van der Waals surface area (Å²) in [6, 6.07) is 5.04. The van der Waals surface area contributed by atoms with Gasteiger partial charge in [0, 0.05) is 37.7 Å². The number of aliphatic hydroxyl groups is 1. The molecule has 2 N–H and O–H groups in total. The van der Waals surface area contributed by atoms with Crippen LogP contribution >= 0.6 is 21.6 Å². The Labute approximate surface area is 398 Å². The molecule has 1 aromatic carbocycles. The van der Waals surface area contributed by atoms with Crippen LogP contribution in [-0.4, -0.2) is 127 Å². The van der Waals surface area contributed by atoms with Gasteiger partial charge in [0.1, 0.15) is 11.5 Å². The minimum absolute atomic E-state index is 0.0604. The molecule has 376 valence electrons. The maximum absolute atomic E-state index is 11.9. The molecule has 11 nitrogen and oxygen atoms in total. The molecule has 0 saturated heterocycles. The van der Waals surface area contributed by atoms with Gasteiger partial charge in [-0.25, -0.2) is 0 Å². The number of benzene rings is 1. The van der Waals surface area contributed by atoms with Gasteiger partial charge in [-0.15, -0.1) is 0 Å². The summed E-state index contributed by atoms with van der Waals surface area (Å²) >= 11 is 0. The zero-order chi connectivity index (χ0) is 45.9. The summed E-state index contributed by atoms with van der Waals surface area (Å²) in [5.74, 6) is 3.15. The normalized spacial score (nSPS) is 11.5. The lowest BCUT2D eigenvalue weighted by molar-refractivity contribution is -0.134. The van der Waals surface area contributed by atoms with Crippen molar-refractivity contribution < 1.29 is 52.9 Å². The summed E-state index contributed by atoms with van der Waals surface area (Å²) < 4.78 is 44.3. The van der Waals surface area contributed by atoms with Crippen LogP contribution in [0.4, 0.5) is 0 Å². The summed E-state index contributed by atoms with van der Waals surface area (Å²) in [5.41, 5.74) is 0.822. The van der Waals surface area contributed by atoms with Gasteiger partial charge in [-0.3, -0.25) is 4.79 Å². The highest BCUT2D eigenvalue weighted by Gasteiger charge is 2.08. The zero-order valence-corrected chi connectivity index (χ0v) is 42.2. The lowest BCUT2D eigenvalue weighted by Gasteiger charge is -2.09. The number of phenolic OH excluding ortho intramolecular Hbond substituents is 1. The van der Waals surface area contributed by atoms with Crippen molar-refractivity contribution in [2.45, 2.75) is 174 Å². The van der Waals surface area contributed by atoms with E-state index >= 15 is 0 Å². The van der Waals surface area contributed by atoms with Crippen LogP contribution in [0.25, 0.3) is 0 Å². The number of ether oxygens (including phenoxy) is 8. The molecular weight excluding hydrogens is 853 g/mol. The summed E-state index contributed by atoms with van der Waals surface area (Å²) in [7, 11) is 4.17. The summed E-state index contributed by atoms with van der Waals surface area (Å²) in [5, 5.41) is 18.8.